The van der Waals surface area contributed by atoms with Crippen LogP contribution in [0.5, 0.6) is 5.88 Å². The van der Waals surface area contributed by atoms with Crippen LogP contribution in [0.3, 0.4) is 0 Å². The number of rotatable bonds is 12. The highest BCUT2D eigenvalue weighted by Crippen LogP contribution is 2.40. The van der Waals surface area contributed by atoms with Crippen molar-refractivity contribution in [2.24, 2.45) is 0 Å². The van der Waals surface area contributed by atoms with E-state index in [0.717, 1.165) is 0 Å². The number of hydrogen-bond acceptors (Lipinski definition) is 9. The maximum atomic E-state index is 13.6. The Balaban J connectivity index is 1.60. The number of aliphatic carboxylic acids is 1. The van der Waals surface area contributed by atoms with E-state index in [1.165, 1.54) is 20.5 Å². The molecule has 3 amide bonds. The third kappa shape index (κ3) is 7.79. The summed E-state index contributed by atoms with van der Waals surface area (Å²) in [6, 6.07) is 4.86. The molecule has 16 heteroatoms. The number of para-hydroxylation sites is 1. The summed E-state index contributed by atoms with van der Waals surface area (Å²) >= 11 is 12.9. The molecule has 1 unspecified atom stereocenters. The van der Waals surface area contributed by atoms with Gasteiger partial charge in [0, 0.05) is 38.7 Å². The van der Waals surface area contributed by atoms with Gasteiger partial charge in [-0.2, -0.15) is 9.78 Å². The van der Waals surface area contributed by atoms with Crippen molar-refractivity contribution in [3.63, 3.8) is 0 Å². The summed E-state index contributed by atoms with van der Waals surface area (Å²) in [5.74, 6) is -3.01. The van der Waals surface area contributed by atoms with Crippen molar-refractivity contribution in [1.82, 2.24) is 24.9 Å². The molecule has 2 heterocycles. The molecule has 0 spiro atoms. The Morgan fingerprint density at radius 3 is 2.18 bits per heavy atom. The first-order chi connectivity index (χ1) is 21.5. The topological polar surface area (TPSA) is 170 Å². The van der Waals surface area contributed by atoms with Gasteiger partial charge < -0.3 is 34.4 Å². The lowest BCUT2D eigenvalue weighted by Gasteiger charge is -2.38. The molecule has 14 nitrogen and oxygen atoms in total. The van der Waals surface area contributed by atoms with Crippen LogP contribution in [0.1, 0.15) is 56.4 Å². The Morgan fingerprint density at radius 2 is 1.62 bits per heavy atom. The Morgan fingerprint density at radius 1 is 1.00 bits per heavy atom. The number of amides is 3. The number of aromatic nitrogens is 2. The second-order valence-corrected chi connectivity index (χ2v) is 11.3. The molecule has 0 radical (unpaired) electrons. The van der Waals surface area contributed by atoms with Crippen LogP contribution in [0.25, 0.3) is 5.69 Å². The summed E-state index contributed by atoms with van der Waals surface area (Å²) in [5, 5.41) is 16.7. The van der Waals surface area contributed by atoms with E-state index in [9.17, 15) is 29.1 Å². The molecule has 2 fully saturated rings. The van der Waals surface area contributed by atoms with Gasteiger partial charge in [0.05, 0.1) is 23.3 Å². The van der Waals surface area contributed by atoms with Crippen LogP contribution < -0.4 is 10.1 Å². The van der Waals surface area contributed by atoms with E-state index in [-0.39, 0.29) is 79.5 Å². The lowest BCUT2D eigenvalue weighted by Crippen LogP contribution is -2.56. The fourth-order valence-electron chi connectivity index (χ4n) is 5.01. The minimum atomic E-state index is -1.29. The largest absolute Gasteiger partial charge is 0.481 e. The lowest BCUT2D eigenvalue weighted by molar-refractivity contribution is -0.170. The number of halogens is 2. The summed E-state index contributed by atoms with van der Waals surface area (Å²) < 4.78 is 17.7. The fraction of sp³-hybridized carbons (Fsp3) is 0.517. The SMILES string of the molecule is CCOC(=O)N1CCN(C(=O)C(CCC(=O)O)NC(=O)c2cc(OC3(C(=O)OCC)CCC3)n(-c3c(Cl)cccc3Cl)n2)CC1. The number of ether oxygens (including phenoxy) is 3. The zero-order chi connectivity index (χ0) is 32.7. The maximum Gasteiger partial charge on any atom is 0.409 e. The average Bonchev–Trinajstić information content (AvgIpc) is 3.40. The number of carboxylic acids is 1. The van der Waals surface area contributed by atoms with Gasteiger partial charge in [0.1, 0.15) is 11.7 Å². The molecule has 4 rings (SSSR count). The highest BCUT2D eigenvalue weighted by Gasteiger charge is 2.49. The summed E-state index contributed by atoms with van der Waals surface area (Å²) in [5.41, 5.74) is -1.29. The Bertz CT molecular complexity index is 1420. The number of carbonyl (C=O) groups is 5. The first kappa shape index (κ1) is 33.8. The third-order valence-electron chi connectivity index (χ3n) is 7.53. The molecule has 1 aliphatic heterocycles. The Hall–Kier alpha value is -4.04. The van der Waals surface area contributed by atoms with Crippen molar-refractivity contribution in [2.45, 2.75) is 57.6 Å². The molecule has 1 aromatic carbocycles. The number of hydrogen-bond donors (Lipinski definition) is 2. The van der Waals surface area contributed by atoms with Crippen LogP contribution in [-0.2, 0) is 23.9 Å². The van der Waals surface area contributed by atoms with E-state index in [1.54, 1.807) is 32.0 Å². The Labute approximate surface area is 269 Å². The highest BCUT2D eigenvalue weighted by molar-refractivity contribution is 6.37. The number of carboxylic acid groups (broad SMARTS) is 1. The Kier molecular flexibility index (Phi) is 11.2. The first-order valence-electron chi connectivity index (χ1n) is 14.6. The second-order valence-electron chi connectivity index (χ2n) is 10.5. The van der Waals surface area contributed by atoms with Crippen molar-refractivity contribution in [3.8, 4) is 11.6 Å². The van der Waals surface area contributed by atoms with E-state index < -0.39 is 41.5 Å². The monoisotopic (exact) mass is 667 g/mol. The first-order valence-corrected chi connectivity index (χ1v) is 15.4. The van der Waals surface area contributed by atoms with Gasteiger partial charge in [0.25, 0.3) is 5.91 Å². The number of carbonyl (C=O) groups excluding carboxylic acids is 4. The minimum absolute atomic E-state index is 0.00796. The third-order valence-corrected chi connectivity index (χ3v) is 8.14. The molecule has 244 valence electrons. The molecule has 45 heavy (non-hydrogen) atoms. The van der Waals surface area contributed by atoms with Gasteiger partial charge in [-0.1, -0.05) is 29.3 Å². The van der Waals surface area contributed by atoms with Crippen LogP contribution in [0.4, 0.5) is 4.79 Å². The van der Waals surface area contributed by atoms with Crippen LogP contribution in [0, 0.1) is 0 Å². The molecule has 1 saturated carbocycles. The van der Waals surface area contributed by atoms with Crippen LogP contribution in [0.2, 0.25) is 10.0 Å². The molecule has 2 aromatic rings. The quantitative estimate of drug-likeness (QED) is 0.320. The van der Waals surface area contributed by atoms with Crippen molar-refractivity contribution in [3.05, 3.63) is 40.0 Å². The van der Waals surface area contributed by atoms with E-state index in [0.29, 0.717) is 19.3 Å². The predicted octanol–water partition coefficient (Wildman–Crippen LogP) is 3.31. The summed E-state index contributed by atoms with van der Waals surface area (Å²) in [6.45, 7) is 4.53. The van der Waals surface area contributed by atoms with Gasteiger partial charge in [0.2, 0.25) is 17.4 Å². The van der Waals surface area contributed by atoms with Gasteiger partial charge in [0.15, 0.2) is 5.69 Å². The highest BCUT2D eigenvalue weighted by atomic mass is 35.5. The molecular formula is C29H35Cl2N5O9. The van der Waals surface area contributed by atoms with Gasteiger partial charge in [-0.05, 0) is 51.7 Å². The van der Waals surface area contributed by atoms with Crippen LogP contribution in [0.15, 0.2) is 24.3 Å². The minimum Gasteiger partial charge on any atom is -0.481 e. The molecule has 2 N–H and O–H groups in total. The van der Waals surface area contributed by atoms with E-state index >= 15 is 0 Å². The van der Waals surface area contributed by atoms with Gasteiger partial charge in [-0.3, -0.25) is 14.4 Å². The molecular weight excluding hydrogens is 633 g/mol. The number of benzene rings is 1. The summed E-state index contributed by atoms with van der Waals surface area (Å²) in [6.07, 6.45) is 0.408. The van der Waals surface area contributed by atoms with E-state index in [2.05, 4.69) is 10.4 Å². The van der Waals surface area contributed by atoms with Crippen molar-refractivity contribution < 1.29 is 43.3 Å². The normalized spacial score (nSPS) is 16.3. The fourth-order valence-corrected chi connectivity index (χ4v) is 5.57. The van der Waals surface area contributed by atoms with E-state index in [4.69, 9.17) is 37.4 Å². The van der Waals surface area contributed by atoms with Crippen LogP contribution >= 0.6 is 23.2 Å². The number of nitrogens with one attached hydrogen (secondary N) is 1. The van der Waals surface area contributed by atoms with Gasteiger partial charge >= 0.3 is 18.0 Å². The smallest absolute Gasteiger partial charge is 0.409 e. The average molecular weight is 669 g/mol. The van der Waals surface area contributed by atoms with Gasteiger partial charge in [-0.15, -0.1) is 0 Å². The standard InChI is InChI=1S/C29H35Cl2N5O9/c1-3-43-27(41)29(11-6-12-29)45-22-17-21(33-36(22)24-18(30)7-5-8-19(24)31)25(39)32-20(9-10-23(37)38)26(40)34-13-15-35(16-14-34)28(42)44-4-2/h5,7-8,17,20H,3-4,6,9-16H2,1-2H3,(H,32,39)(H,37,38). The number of piperazine rings is 1. The lowest BCUT2D eigenvalue weighted by atomic mass is 9.80. The van der Waals surface area contributed by atoms with Crippen LogP contribution in [-0.4, -0.2) is 106 Å². The maximum absolute atomic E-state index is 13.6. The summed E-state index contributed by atoms with van der Waals surface area (Å²) in [4.78, 5) is 66.2. The zero-order valence-electron chi connectivity index (χ0n) is 24.9. The predicted molar refractivity (Wildman–Crippen MR) is 161 cm³/mol. The number of esters is 1. The molecule has 1 aliphatic carbocycles. The zero-order valence-corrected chi connectivity index (χ0v) is 26.4. The van der Waals surface area contributed by atoms with Crippen molar-refractivity contribution in [2.75, 3.05) is 39.4 Å². The van der Waals surface area contributed by atoms with E-state index in [1.807, 2.05) is 0 Å². The van der Waals surface area contributed by atoms with Crippen molar-refractivity contribution >= 4 is 53.0 Å². The second kappa shape index (κ2) is 14.8. The molecule has 1 aromatic heterocycles. The molecule has 0 bridgehead atoms. The molecule has 2 aliphatic rings. The van der Waals surface area contributed by atoms with Crippen molar-refractivity contribution in [1.29, 1.82) is 0 Å². The molecule has 1 atom stereocenters. The summed E-state index contributed by atoms with van der Waals surface area (Å²) in [7, 11) is 0. The molecule has 1 saturated heterocycles. The van der Waals surface area contributed by atoms with Gasteiger partial charge in [-0.25, -0.2) is 9.59 Å². The number of nitrogens with zero attached hydrogens (tertiary/aromatic N) is 4.